The zero-order valence-electron chi connectivity index (χ0n) is 17.1. The Labute approximate surface area is 187 Å². The van der Waals surface area contributed by atoms with Gasteiger partial charge in [-0.3, -0.25) is 0 Å². The van der Waals surface area contributed by atoms with Crippen molar-refractivity contribution in [3.05, 3.63) is 113 Å². The first-order valence-electron chi connectivity index (χ1n) is 9.87. The maximum absolute atomic E-state index is 14.1. The van der Waals surface area contributed by atoms with Crippen LogP contribution >= 0.6 is 0 Å². The van der Waals surface area contributed by atoms with Crippen LogP contribution in [0.5, 0.6) is 5.75 Å². The molecule has 0 amide bonds. The molecule has 1 heterocycles. The Morgan fingerprint density at radius 3 is 2.21 bits per heavy atom. The summed E-state index contributed by atoms with van der Waals surface area (Å²) in [7, 11) is 0. The minimum atomic E-state index is -4.67. The van der Waals surface area contributed by atoms with Crippen LogP contribution in [0.3, 0.4) is 0 Å². The number of aromatic nitrogens is 1. The maximum Gasteiger partial charge on any atom is 0.417 e. The number of alkyl halides is 3. The van der Waals surface area contributed by atoms with E-state index in [2.05, 4.69) is 9.83 Å². The highest BCUT2D eigenvalue weighted by molar-refractivity contribution is 5.70. The van der Waals surface area contributed by atoms with Crippen LogP contribution in [0.1, 0.15) is 11.1 Å². The Balaban J connectivity index is 1.52. The van der Waals surface area contributed by atoms with Gasteiger partial charge >= 0.3 is 6.18 Å². The molecule has 0 N–H and O–H groups in total. The summed E-state index contributed by atoms with van der Waals surface area (Å²) in [6.45, 7) is 7.01. The molecule has 0 aliphatic carbocycles. The van der Waals surface area contributed by atoms with Crippen molar-refractivity contribution in [1.29, 1.82) is 0 Å². The molecule has 3 aromatic carbocycles. The lowest BCUT2D eigenvalue weighted by atomic mass is 9.98. The van der Waals surface area contributed by atoms with Crippen molar-refractivity contribution < 1.29 is 22.3 Å². The van der Waals surface area contributed by atoms with E-state index < -0.39 is 17.6 Å². The van der Waals surface area contributed by atoms with Crippen LogP contribution in [0, 0.1) is 12.4 Å². The lowest BCUT2D eigenvalue weighted by Crippen LogP contribution is -2.08. The molecule has 4 aromatic rings. The highest BCUT2D eigenvalue weighted by atomic mass is 19.4. The highest BCUT2D eigenvalue weighted by Crippen LogP contribution is 2.40. The molecule has 0 aliphatic rings. The number of rotatable bonds is 5. The zero-order chi connectivity index (χ0) is 23.4. The molecule has 164 valence electrons. The first kappa shape index (κ1) is 22.0. The maximum atomic E-state index is 14.1. The highest BCUT2D eigenvalue weighted by Gasteiger charge is 2.34. The van der Waals surface area contributed by atoms with Gasteiger partial charge in [0.2, 0.25) is 0 Å². The van der Waals surface area contributed by atoms with E-state index >= 15 is 0 Å². The summed E-state index contributed by atoms with van der Waals surface area (Å²) in [6, 6.07) is 19.6. The third-order valence-corrected chi connectivity index (χ3v) is 5.02. The molecule has 0 aliphatic heterocycles. The SMILES string of the molecule is [C-]#[N+]c1ccc(-c2ccc(COc3ccc(-c4ccccc4F)c(C(F)(F)F)c3)cc2)cn1. The molecule has 0 saturated heterocycles. The third-order valence-electron chi connectivity index (χ3n) is 5.02. The van der Waals surface area contributed by atoms with E-state index in [4.69, 9.17) is 11.3 Å². The van der Waals surface area contributed by atoms with Crippen LogP contribution in [0.4, 0.5) is 23.4 Å². The summed E-state index contributed by atoms with van der Waals surface area (Å²) in [5.41, 5.74) is 1.16. The van der Waals surface area contributed by atoms with Crippen LogP contribution in [0.25, 0.3) is 27.1 Å². The minimum absolute atomic E-state index is 0.0328. The standard InChI is InChI=1S/C26H16F4N2O/c1-31-25-13-10-19(15-32-25)18-8-6-17(7-9-18)16-33-20-11-12-21(23(14-20)26(28,29)30)22-4-2-3-5-24(22)27/h2-15H,16H2. The van der Waals surface area contributed by atoms with Crippen LogP contribution in [0.2, 0.25) is 0 Å². The van der Waals surface area contributed by atoms with Crippen LogP contribution in [-0.4, -0.2) is 4.98 Å². The molecular weight excluding hydrogens is 432 g/mol. The molecule has 0 fully saturated rings. The summed E-state index contributed by atoms with van der Waals surface area (Å²) in [4.78, 5) is 7.29. The average molecular weight is 448 g/mol. The van der Waals surface area contributed by atoms with E-state index in [1.165, 1.54) is 30.3 Å². The van der Waals surface area contributed by atoms with Crippen LogP contribution in [-0.2, 0) is 12.8 Å². The summed E-state index contributed by atoms with van der Waals surface area (Å²) in [5, 5.41) is 0. The molecule has 1 aromatic heterocycles. The predicted octanol–water partition coefficient (Wildman–Crippen LogP) is 7.70. The van der Waals surface area contributed by atoms with Gasteiger partial charge in [0.05, 0.1) is 5.56 Å². The topological polar surface area (TPSA) is 26.5 Å². The quantitative estimate of drug-likeness (QED) is 0.231. The van der Waals surface area contributed by atoms with E-state index in [1.54, 1.807) is 30.5 Å². The van der Waals surface area contributed by atoms with Gasteiger partial charge in [0.1, 0.15) is 24.4 Å². The number of hydrogen-bond donors (Lipinski definition) is 0. The van der Waals surface area contributed by atoms with Gasteiger partial charge in [-0.05, 0) is 47.0 Å². The Morgan fingerprint density at radius 1 is 0.848 bits per heavy atom. The predicted molar refractivity (Wildman–Crippen MR) is 117 cm³/mol. The van der Waals surface area contributed by atoms with Crippen molar-refractivity contribution in [1.82, 2.24) is 4.98 Å². The zero-order valence-corrected chi connectivity index (χ0v) is 17.1. The Kier molecular flexibility index (Phi) is 6.09. The largest absolute Gasteiger partial charge is 0.489 e. The van der Waals surface area contributed by atoms with Gasteiger partial charge in [-0.2, -0.15) is 13.2 Å². The average Bonchev–Trinajstić information content (AvgIpc) is 2.83. The minimum Gasteiger partial charge on any atom is -0.489 e. The molecule has 0 saturated carbocycles. The molecule has 0 bridgehead atoms. The van der Waals surface area contributed by atoms with Crippen molar-refractivity contribution in [3.63, 3.8) is 0 Å². The van der Waals surface area contributed by atoms with Gasteiger partial charge in [0, 0.05) is 11.1 Å². The second-order valence-electron chi connectivity index (χ2n) is 7.19. The second kappa shape index (κ2) is 9.13. The monoisotopic (exact) mass is 448 g/mol. The number of hydrogen-bond acceptors (Lipinski definition) is 2. The van der Waals surface area contributed by atoms with Crippen molar-refractivity contribution >= 4 is 5.82 Å². The molecule has 7 heteroatoms. The summed E-state index contributed by atoms with van der Waals surface area (Å²) in [5.74, 6) is -0.385. The first-order valence-corrected chi connectivity index (χ1v) is 9.87. The van der Waals surface area contributed by atoms with Gasteiger partial charge in [-0.1, -0.05) is 55.1 Å². The van der Waals surface area contributed by atoms with Gasteiger partial charge in [-0.15, -0.1) is 4.98 Å². The molecule has 0 spiro atoms. The lowest BCUT2D eigenvalue weighted by molar-refractivity contribution is -0.137. The molecule has 0 unspecified atom stereocenters. The van der Waals surface area contributed by atoms with E-state index in [-0.39, 0.29) is 23.5 Å². The molecular formula is C26H16F4N2O. The van der Waals surface area contributed by atoms with E-state index in [0.29, 0.717) is 5.82 Å². The molecule has 0 atom stereocenters. The Hall–Kier alpha value is -4.18. The van der Waals surface area contributed by atoms with E-state index in [9.17, 15) is 17.6 Å². The van der Waals surface area contributed by atoms with Crippen molar-refractivity contribution in [2.45, 2.75) is 12.8 Å². The van der Waals surface area contributed by atoms with Gasteiger partial charge in [-0.25, -0.2) is 4.39 Å². The number of nitrogens with zero attached hydrogens (tertiary/aromatic N) is 2. The Morgan fingerprint density at radius 2 is 1.58 bits per heavy atom. The number of pyridine rings is 1. The fourth-order valence-corrected chi connectivity index (χ4v) is 3.35. The lowest BCUT2D eigenvalue weighted by Gasteiger charge is -2.16. The Bertz CT molecular complexity index is 1310. The fourth-order valence-electron chi connectivity index (χ4n) is 3.35. The van der Waals surface area contributed by atoms with Gasteiger partial charge in [0.25, 0.3) is 5.82 Å². The van der Waals surface area contributed by atoms with Crippen LogP contribution in [0.15, 0.2) is 85.1 Å². The van der Waals surface area contributed by atoms with Gasteiger partial charge in [0.15, 0.2) is 0 Å². The molecule has 4 rings (SSSR count). The molecule has 33 heavy (non-hydrogen) atoms. The third kappa shape index (κ3) is 5.01. The van der Waals surface area contributed by atoms with E-state index in [1.807, 2.05) is 12.1 Å². The number of halogens is 4. The van der Waals surface area contributed by atoms with E-state index in [0.717, 1.165) is 28.8 Å². The second-order valence-corrected chi connectivity index (χ2v) is 7.19. The smallest absolute Gasteiger partial charge is 0.417 e. The number of ether oxygens (including phenoxy) is 1. The fraction of sp³-hybridized carbons (Fsp3) is 0.0769. The summed E-state index contributed by atoms with van der Waals surface area (Å²) < 4.78 is 60.7. The van der Waals surface area contributed by atoms with Crippen LogP contribution < -0.4 is 4.74 Å². The van der Waals surface area contributed by atoms with Crippen molar-refractivity contribution in [2.24, 2.45) is 0 Å². The summed E-state index contributed by atoms with van der Waals surface area (Å²) >= 11 is 0. The van der Waals surface area contributed by atoms with Gasteiger partial charge < -0.3 is 9.58 Å². The summed E-state index contributed by atoms with van der Waals surface area (Å²) in [6.07, 6.45) is -3.07. The first-order chi connectivity index (χ1) is 15.8. The normalized spacial score (nSPS) is 11.1. The van der Waals surface area contributed by atoms with Crippen molar-refractivity contribution in [2.75, 3.05) is 0 Å². The van der Waals surface area contributed by atoms with Crippen molar-refractivity contribution in [3.8, 4) is 28.0 Å². The molecule has 0 radical (unpaired) electrons. The number of benzene rings is 3. The molecule has 3 nitrogen and oxygen atoms in total.